The number of hydrogen-bond acceptors (Lipinski definition) is 2. The van der Waals surface area contributed by atoms with Gasteiger partial charge in [-0.2, -0.15) is 0 Å². The summed E-state index contributed by atoms with van der Waals surface area (Å²) in [6.07, 6.45) is 1.24. The summed E-state index contributed by atoms with van der Waals surface area (Å²) < 4.78 is 1.16. The topological polar surface area (TPSA) is 6.48 Å². The first kappa shape index (κ1) is 14.2. The third-order valence-electron chi connectivity index (χ3n) is 3.42. The number of piperazine rings is 1. The summed E-state index contributed by atoms with van der Waals surface area (Å²) in [6.45, 7) is 8.01. The van der Waals surface area contributed by atoms with Crippen molar-refractivity contribution in [3.05, 3.63) is 28.2 Å². The van der Waals surface area contributed by atoms with E-state index in [4.69, 9.17) is 11.6 Å². The molecule has 0 unspecified atom stereocenters. The van der Waals surface area contributed by atoms with Gasteiger partial charge >= 0.3 is 0 Å². The number of nitrogens with zero attached hydrogens (tertiary/aromatic N) is 2. The number of benzene rings is 1. The van der Waals surface area contributed by atoms with E-state index in [2.05, 4.69) is 50.9 Å². The van der Waals surface area contributed by atoms with Crippen molar-refractivity contribution in [2.45, 2.75) is 19.2 Å². The molecular weight excluding hydrogens is 312 g/mol. The molecule has 1 aliphatic rings. The second kappa shape index (κ2) is 6.78. The summed E-state index contributed by atoms with van der Waals surface area (Å²) in [7, 11) is 0. The van der Waals surface area contributed by atoms with Gasteiger partial charge in [-0.05, 0) is 46.6 Å². The fourth-order valence-corrected chi connectivity index (χ4v) is 3.26. The van der Waals surface area contributed by atoms with Gasteiger partial charge in [0, 0.05) is 36.5 Å². The van der Waals surface area contributed by atoms with Gasteiger partial charge in [0.2, 0.25) is 0 Å². The van der Waals surface area contributed by atoms with Crippen molar-refractivity contribution in [3.63, 3.8) is 0 Å². The first-order chi connectivity index (χ1) is 8.74. The lowest BCUT2D eigenvalue weighted by Gasteiger charge is -2.36. The van der Waals surface area contributed by atoms with Crippen molar-refractivity contribution in [1.29, 1.82) is 0 Å². The molecule has 0 bridgehead atoms. The van der Waals surface area contributed by atoms with Crippen LogP contribution < -0.4 is 4.90 Å². The molecule has 0 aliphatic carbocycles. The van der Waals surface area contributed by atoms with Crippen LogP contribution in [0.1, 0.15) is 18.9 Å². The molecule has 1 heterocycles. The van der Waals surface area contributed by atoms with Gasteiger partial charge in [0.25, 0.3) is 0 Å². The van der Waals surface area contributed by atoms with Crippen molar-refractivity contribution in [3.8, 4) is 0 Å². The molecule has 1 saturated heterocycles. The lowest BCUT2D eigenvalue weighted by molar-refractivity contribution is 0.258. The molecule has 2 nitrogen and oxygen atoms in total. The molecule has 0 aromatic heterocycles. The zero-order valence-electron chi connectivity index (χ0n) is 10.8. The van der Waals surface area contributed by atoms with Gasteiger partial charge in [0.15, 0.2) is 0 Å². The van der Waals surface area contributed by atoms with Gasteiger partial charge in [0.1, 0.15) is 0 Å². The Morgan fingerprint density at radius 2 is 1.94 bits per heavy atom. The van der Waals surface area contributed by atoms with E-state index in [1.54, 1.807) is 0 Å². The first-order valence-corrected chi connectivity index (χ1v) is 7.89. The van der Waals surface area contributed by atoms with Gasteiger partial charge in [0.05, 0.1) is 5.69 Å². The van der Waals surface area contributed by atoms with Crippen LogP contribution in [0.2, 0.25) is 0 Å². The molecule has 0 saturated carbocycles. The summed E-state index contributed by atoms with van der Waals surface area (Å²) in [5, 5.41) is 0. The average molecular weight is 332 g/mol. The number of alkyl halides is 1. The fraction of sp³-hybridized carbons (Fsp3) is 0.571. The summed E-state index contributed by atoms with van der Waals surface area (Å²) in [5.74, 6) is 0.573. The minimum atomic E-state index is 0.573. The molecule has 100 valence electrons. The minimum Gasteiger partial charge on any atom is -0.368 e. The smallest absolute Gasteiger partial charge is 0.0511 e. The van der Waals surface area contributed by atoms with E-state index in [0.29, 0.717) is 5.88 Å². The third-order valence-corrected chi connectivity index (χ3v) is 4.36. The lowest BCUT2D eigenvalue weighted by atomic mass is 10.2. The van der Waals surface area contributed by atoms with E-state index in [1.807, 2.05) is 0 Å². The molecule has 0 amide bonds. The molecule has 0 spiro atoms. The van der Waals surface area contributed by atoms with Crippen LogP contribution in [0.3, 0.4) is 0 Å². The number of anilines is 1. The zero-order chi connectivity index (χ0) is 13.0. The monoisotopic (exact) mass is 330 g/mol. The Hall–Kier alpha value is -0.250. The van der Waals surface area contributed by atoms with E-state index in [0.717, 1.165) is 36.2 Å². The van der Waals surface area contributed by atoms with E-state index < -0.39 is 0 Å². The number of rotatable bonds is 4. The van der Waals surface area contributed by atoms with Crippen molar-refractivity contribution in [2.75, 3.05) is 37.6 Å². The fourth-order valence-electron chi connectivity index (χ4n) is 2.42. The highest BCUT2D eigenvalue weighted by Crippen LogP contribution is 2.28. The predicted octanol–water partition coefficient (Wildman–Crippen LogP) is 3.72. The molecule has 4 heteroatoms. The second-order valence-corrected chi connectivity index (χ2v) is 5.87. The van der Waals surface area contributed by atoms with Crippen LogP contribution in [0, 0.1) is 0 Å². The largest absolute Gasteiger partial charge is 0.368 e. The SMILES string of the molecule is CCCN1CCN(c2ccc(CCl)cc2Br)CC1. The first-order valence-electron chi connectivity index (χ1n) is 6.56. The van der Waals surface area contributed by atoms with Gasteiger partial charge in [-0.3, -0.25) is 4.90 Å². The maximum absolute atomic E-state index is 5.85. The van der Waals surface area contributed by atoms with E-state index in [-0.39, 0.29) is 0 Å². The molecule has 0 atom stereocenters. The molecule has 18 heavy (non-hydrogen) atoms. The van der Waals surface area contributed by atoms with Crippen LogP contribution >= 0.6 is 27.5 Å². The van der Waals surface area contributed by atoms with Gasteiger partial charge < -0.3 is 4.90 Å². The molecule has 1 aromatic rings. The standard InChI is InChI=1S/C14H20BrClN2/c1-2-5-17-6-8-18(9-7-17)14-4-3-12(11-16)10-13(14)15/h3-4,10H,2,5-9,11H2,1H3. The van der Waals surface area contributed by atoms with Crippen LogP contribution in [-0.2, 0) is 5.88 Å². The third kappa shape index (κ3) is 3.40. The Morgan fingerprint density at radius 3 is 2.50 bits per heavy atom. The Morgan fingerprint density at radius 1 is 1.22 bits per heavy atom. The Kier molecular flexibility index (Phi) is 5.34. The van der Waals surface area contributed by atoms with Crippen LogP contribution in [0.15, 0.2) is 22.7 Å². The highest BCUT2D eigenvalue weighted by Gasteiger charge is 2.18. The van der Waals surface area contributed by atoms with Crippen LogP contribution in [0.5, 0.6) is 0 Å². The van der Waals surface area contributed by atoms with Gasteiger partial charge in [-0.1, -0.05) is 13.0 Å². The molecule has 1 aliphatic heterocycles. The van der Waals surface area contributed by atoms with Crippen molar-refractivity contribution >= 4 is 33.2 Å². The molecule has 0 radical (unpaired) electrons. The van der Waals surface area contributed by atoms with Crippen molar-refractivity contribution < 1.29 is 0 Å². The predicted molar refractivity (Wildman–Crippen MR) is 82.6 cm³/mol. The van der Waals surface area contributed by atoms with Crippen molar-refractivity contribution in [2.24, 2.45) is 0 Å². The molecular formula is C14H20BrClN2. The van der Waals surface area contributed by atoms with Crippen LogP contribution in [0.25, 0.3) is 0 Å². The zero-order valence-corrected chi connectivity index (χ0v) is 13.2. The summed E-state index contributed by atoms with van der Waals surface area (Å²) in [4.78, 5) is 4.99. The Balaban J connectivity index is 2.01. The molecule has 1 aromatic carbocycles. The summed E-state index contributed by atoms with van der Waals surface area (Å²) >= 11 is 9.51. The quantitative estimate of drug-likeness (QED) is 0.776. The van der Waals surface area contributed by atoms with E-state index in [1.165, 1.54) is 18.7 Å². The van der Waals surface area contributed by atoms with Gasteiger partial charge in [-0.15, -0.1) is 11.6 Å². The molecule has 1 fully saturated rings. The molecule has 0 N–H and O–H groups in total. The van der Waals surface area contributed by atoms with E-state index >= 15 is 0 Å². The maximum atomic E-state index is 5.85. The highest BCUT2D eigenvalue weighted by atomic mass is 79.9. The minimum absolute atomic E-state index is 0.573. The Labute approximate surface area is 123 Å². The summed E-state index contributed by atoms with van der Waals surface area (Å²) in [6, 6.07) is 6.42. The van der Waals surface area contributed by atoms with Crippen LogP contribution in [0.4, 0.5) is 5.69 Å². The normalized spacial score (nSPS) is 17.2. The average Bonchev–Trinajstić information content (AvgIpc) is 2.40. The Bertz CT molecular complexity index is 389. The number of halogens is 2. The maximum Gasteiger partial charge on any atom is 0.0511 e. The number of hydrogen-bond donors (Lipinski definition) is 0. The van der Waals surface area contributed by atoms with Gasteiger partial charge in [-0.25, -0.2) is 0 Å². The van der Waals surface area contributed by atoms with E-state index in [9.17, 15) is 0 Å². The second-order valence-electron chi connectivity index (χ2n) is 4.75. The van der Waals surface area contributed by atoms with Crippen LogP contribution in [-0.4, -0.2) is 37.6 Å². The van der Waals surface area contributed by atoms with Crippen molar-refractivity contribution in [1.82, 2.24) is 4.90 Å². The molecule has 2 rings (SSSR count). The summed E-state index contributed by atoms with van der Waals surface area (Å²) in [5.41, 5.74) is 2.46. The highest BCUT2D eigenvalue weighted by molar-refractivity contribution is 9.10. The lowest BCUT2D eigenvalue weighted by Crippen LogP contribution is -2.46.